The third-order valence-corrected chi connectivity index (χ3v) is 0. The van der Waals surface area contributed by atoms with E-state index in [1.807, 2.05) is 0 Å². The van der Waals surface area contributed by atoms with Gasteiger partial charge >= 0.3 is 0 Å². The molecule has 0 saturated heterocycles. The molecule has 0 saturated carbocycles. The second-order valence-electron chi connectivity index (χ2n) is 1.44. The van der Waals surface area contributed by atoms with Crippen LogP contribution < -0.4 is 25.5 Å². The Kier molecular flexibility index (Phi) is 243. The fourth-order valence-electron chi connectivity index (χ4n) is 0. The molecule has 0 aromatic carbocycles. The molecule has 6 heteroatoms. The first kappa shape index (κ1) is 36.0. The summed E-state index contributed by atoms with van der Waals surface area (Å²) >= 11 is 0. The van der Waals surface area contributed by atoms with E-state index >= 15 is 0 Å². The van der Waals surface area contributed by atoms with Crippen molar-refractivity contribution >= 4 is 0 Å². The van der Waals surface area contributed by atoms with Gasteiger partial charge in [-0.15, -0.1) is 33.0 Å². The predicted molar refractivity (Wildman–Crippen MR) is 52.7 cm³/mol. The summed E-state index contributed by atoms with van der Waals surface area (Å²) in [7, 11) is 0. The summed E-state index contributed by atoms with van der Waals surface area (Å²) in [4.78, 5) is 0. The third kappa shape index (κ3) is 11100. The van der Waals surface area contributed by atoms with E-state index < -0.39 is 0 Å². The standard InChI is InChI=1S/5C2H5O.W/c5*1-2-3;/h5*2H2,1H3;/q5*-1;. The van der Waals surface area contributed by atoms with Crippen LogP contribution in [0, 0.1) is 0 Å². The molecule has 0 radical (unpaired) electrons. The van der Waals surface area contributed by atoms with Crippen LogP contribution >= 0.6 is 0 Å². The topological polar surface area (TPSA) is 115 Å². The minimum absolute atomic E-state index is 0. The molecule has 106 valence electrons. The molecule has 0 amide bonds. The van der Waals surface area contributed by atoms with Gasteiger partial charge in [0, 0.05) is 21.1 Å². The molecule has 0 aromatic heterocycles. The van der Waals surface area contributed by atoms with Crippen LogP contribution in [0.25, 0.3) is 0 Å². The monoisotopic (exact) mass is 409 g/mol. The van der Waals surface area contributed by atoms with Crippen LogP contribution in [0.4, 0.5) is 0 Å². The van der Waals surface area contributed by atoms with Crippen molar-refractivity contribution in [2.75, 3.05) is 33.0 Å². The number of rotatable bonds is 0. The molecule has 0 aromatic rings. The van der Waals surface area contributed by atoms with Crippen LogP contribution in [0.5, 0.6) is 0 Å². The minimum atomic E-state index is 0. The smallest absolute Gasteiger partial charge is 0 e. The molecule has 0 aliphatic heterocycles. The first-order valence-corrected chi connectivity index (χ1v) is 4.98. The fraction of sp³-hybridized carbons (Fsp3) is 1.00. The predicted octanol–water partition coefficient (Wildman–Crippen LogP) is -3.17. The van der Waals surface area contributed by atoms with Crippen LogP contribution in [0.2, 0.25) is 0 Å². The molecular weight excluding hydrogens is 384 g/mol. The molecule has 0 spiro atoms. The van der Waals surface area contributed by atoms with E-state index in [-0.39, 0.29) is 54.1 Å². The Labute approximate surface area is 114 Å². The average molecular weight is 409 g/mol. The van der Waals surface area contributed by atoms with Crippen LogP contribution in [0.3, 0.4) is 0 Å². The summed E-state index contributed by atoms with van der Waals surface area (Å²) in [5.74, 6) is 0. The Hall–Kier alpha value is 0.488. The van der Waals surface area contributed by atoms with Gasteiger partial charge in [0.25, 0.3) is 0 Å². The Balaban J connectivity index is -0.0000000192. The van der Waals surface area contributed by atoms with Gasteiger partial charge in [0.05, 0.1) is 0 Å². The van der Waals surface area contributed by atoms with Crippen LogP contribution in [-0.2, 0) is 21.1 Å². The van der Waals surface area contributed by atoms with Gasteiger partial charge in [0.15, 0.2) is 0 Å². The van der Waals surface area contributed by atoms with Gasteiger partial charge in [-0.2, -0.15) is 0 Å². The van der Waals surface area contributed by atoms with Gasteiger partial charge < -0.3 is 25.5 Å². The van der Waals surface area contributed by atoms with Gasteiger partial charge in [-0.05, 0) is 0 Å². The van der Waals surface area contributed by atoms with E-state index in [1.54, 1.807) is 34.6 Å². The maximum absolute atomic E-state index is 8.93. The molecule has 0 aliphatic carbocycles. The molecule has 0 aliphatic rings. The molecule has 0 unspecified atom stereocenters. The zero-order valence-electron chi connectivity index (χ0n) is 11.0. The van der Waals surface area contributed by atoms with Gasteiger partial charge in [0.2, 0.25) is 0 Å². The molecule has 5 nitrogen and oxygen atoms in total. The maximum Gasteiger partial charge on any atom is 0 e. The van der Waals surface area contributed by atoms with Crippen molar-refractivity contribution in [2.45, 2.75) is 34.6 Å². The summed E-state index contributed by atoms with van der Waals surface area (Å²) in [6, 6.07) is 0. The van der Waals surface area contributed by atoms with Crippen molar-refractivity contribution in [3.63, 3.8) is 0 Å². The second kappa shape index (κ2) is 108. The molecule has 0 heterocycles. The van der Waals surface area contributed by atoms with E-state index in [0.29, 0.717) is 0 Å². The van der Waals surface area contributed by atoms with Crippen molar-refractivity contribution in [1.82, 2.24) is 0 Å². The van der Waals surface area contributed by atoms with Crippen molar-refractivity contribution in [1.29, 1.82) is 0 Å². The molecule has 0 atom stereocenters. The Morgan fingerprint density at radius 3 is 0.438 bits per heavy atom. The first-order chi connectivity index (χ1) is 7.07. The van der Waals surface area contributed by atoms with E-state index in [0.717, 1.165) is 0 Å². The zero-order chi connectivity index (χ0) is 13.5. The molecule has 0 bridgehead atoms. The Morgan fingerprint density at radius 1 is 0.438 bits per heavy atom. The summed E-state index contributed by atoms with van der Waals surface area (Å²) in [6.45, 7) is 7.85. The molecule has 16 heavy (non-hydrogen) atoms. The van der Waals surface area contributed by atoms with Gasteiger partial charge in [-0.1, -0.05) is 34.6 Å². The van der Waals surface area contributed by atoms with E-state index in [9.17, 15) is 0 Å². The average Bonchev–Trinajstić information content (AvgIpc) is 2.09. The van der Waals surface area contributed by atoms with E-state index in [1.165, 1.54) is 0 Å². The molecule has 0 N–H and O–H groups in total. The van der Waals surface area contributed by atoms with Gasteiger partial charge in [0.1, 0.15) is 0 Å². The minimum Gasteiger partial charge on any atom is -0.855 e. The molecular formula is C10H25O5W-5. The SMILES string of the molecule is CC[O-].CC[O-].CC[O-].CC[O-].CC[O-].[W]. The normalized spacial score (nSPS) is 5.62. The van der Waals surface area contributed by atoms with Crippen molar-refractivity contribution in [2.24, 2.45) is 0 Å². The first-order valence-electron chi connectivity index (χ1n) is 4.98. The van der Waals surface area contributed by atoms with Crippen LogP contribution in [0.15, 0.2) is 0 Å². The van der Waals surface area contributed by atoms with Gasteiger partial charge in [-0.25, -0.2) is 0 Å². The van der Waals surface area contributed by atoms with E-state index in [4.69, 9.17) is 25.5 Å². The van der Waals surface area contributed by atoms with Crippen molar-refractivity contribution < 1.29 is 46.6 Å². The maximum atomic E-state index is 8.93. The third-order valence-electron chi connectivity index (χ3n) is 0. The summed E-state index contributed by atoms with van der Waals surface area (Å²) < 4.78 is 0. The van der Waals surface area contributed by atoms with Crippen molar-refractivity contribution in [3.05, 3.63) is 0 Å². The Bertz CT molecular complexity index is 30.8. The number of hydrogen-bond donors (Lipinski definition) is 0. The summed E-state index contributed by atoms with van der Waals surface area (Å²) in [5.41, 5.74) is 0. The second-order valence-corrected chi connectivity index (χ2v) is 1.44. The zero-order valence-corrected chi connectivity index (χ0v) is 13.9. The van der Waals surface area contributed by atoms with Crippen molar-refractivity contribution in [3.8, 4) is 0 Å². The molecule has 0 rings (SSSR count). The largest absolute Gasteiger partial charge is 0.855 e. The fourth-order valence-corrected chi connectivity index (χ4v) is 0. The Morgan fingerprint density at radius 2 is 0.438 bits per heavy atom. The van der Waals surface area contributed by atoms with Crippen LogP contribution in [0.1, 0.15) is 34.6 Å². The van der Waals surface area contributed by atoms with Gasteiger partial charge in [-0.3, -0.25) is 0 Å². The quantitative estimate of drug-likeness (QED) is 0.419. The summed E-state index contributed by atoms with van der Waals surface area (Å²) in [5, 5.41) is 44.7. The van der Waals surface area contributed by atoms with E-state index in [2.05, 4.69) is 0 Å². The number of hydrogen-bond acceptors (Lipinski definition) is 5. The molecule has 0 fully saturated rings. The van der Waals surface area contributed by atoms with Crippen LogP contribution in [-0.4, -0.2) is 33.0 Å². The summed E-state index contributed by atoms with van der Waals surface area (Å²) in [6.07, 6.45) is 0.